The van der Waals surface area contributed by atoms with Gasteiger partial charge in [-0.05, 0) is 79.9 Å². The third kappa shape index (κ3) is 2.64. The number of carbonyl (C=O) groups is 1. The van der Waals surface area contributed by atoms with Gasteiger partial charge in [0.15, 0.2) is 45.8 Å². The van der Waals surface area contributed by atoms with Crippen molar-refractivity contribution >= 4 is 17.1 Å². The number of hydrogen-bond acceptors (Lipinski definition) is 9. The van der Waals surface area contributed by atoms with Crippen LogP contribution in [0.5, 0.6) is 40.2 Å². The molecular weight excluding hydrogens is 572 g/mol. The zero-order valence-electron chi connectivity index (χ0n) is 25.5. The van der Waals surface area contributed by atoms with E-state index in [0.717, 1.165) is 42.0 Å². The molecule has 3 aromatic carbocycles. The van der Waals surface area contributed by atoms with Gasteiger partial charge in [-0.3, -0.25) is 9.69 Å². The molecule has 0 radical (unpaired) electrons. The number of Topliss-reactive ketones (excluding diaryl/α,β-unsaturated/α-hetero) is 1. The van der Waals surface area contributed by atoms with Crippen molar-refractivity contribution in [1.82, 2.24) is 9.80 Å². The van der Waals surface area contributed by atoms with Gasteiger partial charge in [0.1, 0.15) is 6.10 Å². The first kappa shape index (κ1) is 25.7. The van der Waals surface area contributed by atoms with Crippen molar-refractivity contribution in [3.63, 3.8) is 0 Å². The molecule has 2 bridgehead atoms. The lowest BCUT2D eigenvalue weighted by Crippen LogP contribution is -2.63. The molecule has 4 atom stereocenters. The van der Waals surface area contributed by atoms with E-state index in [9.17, 15) is 5.11 Å². The number of fused-ring (bicyclic) bond motifs is 4. The summed E-state index contributed by atoms with van der Waals surface area (Å²) in [5, 5.41) is 11.4. The molecule has 2 aliphatic carbocycles. The highest BCUT2D eigenvalue weighted by atomic mass is 16.5. The number of nitrogens with zero attached hydrogens (tertiary/aromatic N) is 2. The highest BCUT2D eigenvalue weighted by molar-refractivity contribution is 6.37. The van der Waals surface area contributed by atoms with Crippen LogP contribution in [0.15, 0.2) is 48.0 Å². The van der Waals surface area contributed by atoms with Crippen LogP contribution in [0.1, 0.15) is 34.2 Å². The average Bonchev–Trinajstić information content (AvgIpc) is 3.59. The Morgan fingerprint density at radius 1 is 0.911 bits per heavy atom. The van der Waals surface area contributed by atoms with E-state index in [-0.39, 0.29) is 29.1 Å². The van der Waals surface area contributed by atoms with E-state index >= 15 is 4.79 Å². The number of phenols is 1. The van der Waals surface area contributed by atoms with Gasteiger partial charge in [0.25, 0.3) is 0 Å². The maximum absolute atomic E-state index is 15.6. The zero-order valence-corrected chi connectivity index (χ0v) is 25.5. The summed E-state index contributed by atoms with van der Waals surface area (Å²) < 4.78 is 30.8. The van der Waals surface area contributed by atoms with E-state index in [0.29, 0.717) is 41.4 Å². The summed E-state index contributed by atoms with van der Waals surface area (Å²) in [7, 11) is 6.97. The standard InChI is InChI=1S/C36H32N2O7/c1-37-14-12-35-20-16-36(34(35)45-32-24(43-4)9-6-18(27(32)35)15-21(20)37)33(40)26-19-7-10-22(41-2)29(39)30(19)44-31-23(42-3)8-5-17-11-13-38(36)28(26)25(17)31/h5-10,16,21,34,39H,11-15H2,1-4H3/t21-,34-,35+,36+/m1/s1. The number of ether oxygens (including phenoxy) is 5. The smallest absolute Gasteiger partial charge is 0.202 e. The Bertz CT molecular complexity index is 2000. The van der Waals surface area contributed by atoms with Gasteiger partial charge < -0.3 is 33.7 Å². The van der Waals surface area contributed by atoms with Gasteiger partial charge in [0.05, 0.1) is 38.0 Å². The van der Waals surface area contributed by atoms with Gasteiger partial charge >= 0.3 is 0 Å². The number of ketones is 1. The Morgan fingerprint density at radius 2 is 1.64 bits per heavy atom. The average molecular weight is 605 g/mol. The fourth-order valence-corrected chi connectivity index (χ4v) is 9.76. The minimum Gasteiger partial charge on any atom is -0.502 e. The maximum atomic E-state index is 15.6. The van der Waals surface area contributed by atoms with Crippen molar-refractivity contribution in [2.75, 3.05) is 41.5 Å². The predicted octanol–water partition coefficient (Wildman–Crippen LogP) is 4.47. The number of likely N-dealkylation sites (N-methyl/N-ethyl adjacent to an activating group) is 1. The van der Waals surface area contributed by atoms with E-state index in [1.165, 1.54) is 23.8 Å². The van der Waals surface area contributed by atoms with Gasteiger partial charge in [0, 0.05) is 29.3 Å². The molecule has 7 aliphatic rings. The number of aromatic hydroxyl groups is 1. The highest BCUT2D eigenvalue weighted by Crippen LogP contribution is 2.70. The molecule has 1 N–H and O–H groups in total. The number of phenolic OH excluding ortho intramolecular Hbond substituents is 1. The van der Waals surface area contributed by atoms with Crippen molar-refractivity contribution in [2.24, 2.45) is 0 Å². The molecule has 2 spiro atoms. The second kappa shape index (κ2) is 8.14. The number of rotatable bonds is 3. The van der Waals surface area contributed by atoms with Gasteiger partial charge in [-0.15, -0.1) is 0 Å². The van der Waals surface area contributed by atoms with E-state index < -0.39 is 17.1 Å². The van der Waals surface area contributed by atoms with Crippen LogP contribution in [0.3, 0.4) is 0 Å². The molecular formula is C36H32N2O7. The van der Waals surface area contributed by atoms with Crippen LogP contribution < -0.4 is 23.7 Å². The van der Waals surface area contributed by atoms with Crippen LogP contribution in [0, 0.1) is 0 Å². The molecule has 10 rings (SSSR count). The summed E-state index contributed by atoms with van der Waals surface area (Å²) >= 11 is 0. The number of methoxy groups -OCH3 is 3. The third-order valence-electron chi connectivity index (χ3n) is 11.6. The monoisotopic (exact) mass is 604 g/mol. The quantitative estimate of drug-likeness (QED) is 0.435. The van der Waals surface area contributed by atoms with Crippen molar-refractivity contribution in [1.29, 1.82) is 0 Å². The largest absolute Gasteiger partial charge is 0.502 e. The highest BCUT2D eigenvalue weighted by Gasteiger charge is 2.75. The molecule has 9 nitrogen and oxygen atoms in total. The number of likely N-dealkylation sites (tertiary alicyclic amines) is 1. The van der Waals surface area contributed by atoms with E-state index in [1.54, 1.807) is 20.3 Å². The Labute approximate surface area is 260 Å². The number of benzene rings is 3. The SMILES string of the molecule is COc1ccc2c(c1O)Oc1c(OC)ccc3c1C1=C2C(=O)[C@]2(C=C4[C@H]5Cc6ccc(OC)c7c6[C@@]4(CCN5C)[C@H]2O7)N1CC3. The van der Waals surface area contributed by atoms with Crippen molar-refractivity contribution < 1.29 is 33.6 Å². The minimum absolute atomic E-state index is 0.0432. The zero-order chi connectivity index (χ0) is 30.6. The fourth-order valence-electron chi connectivity index (χ4n) is 9.76. The molecule has 5 aliphatic heterocycles. The molecule has 1 fully saturated rings. The van der Waals surface area contributed by atoms with Gasteiger partial charge in [-0.2, -0.15) is 0 Å². The molecule has 3 aromatic rings. The molecule has 5 heterocycles. The lowest BCUT2D eigenvalue weighted by atomic mass is 9.60. The minimum atomic E-state index is -1.10. The maximum Gasteiger partial charge on any atom is 0.202 e. The Kier molecular flexibility index (Phi) is 4.65. The Balaban J connectivity index is 1.28. The molecule has 45 heavy (non-hydrogen) atoms. The van der Waals surface area contributed by atoms with E-state index in [1.807, 2.05) is 18.2 Å². The van der Waals surface area contributed by atoms with Crippen LogP contribution >= 0.6 is 0 Å². The van der Waals surface area contributed by atoms with Crippen molar-refractivity contribution in [3.05, 3.63) is 75.9 Å². The molecule has 0 saturated carbocycles. The van der Waals surface area contributed by atoms with Crippen LogP contribution in [-0.2, 0) is 23.1 Å². The molecule has 0 amide bonds. The Hall–Kier alpha value is -4.63. The normalized spacial score (nSPS) is 29.0. The van der Waals surface area contributed by atoms with Gasteiger partial charge in [-0.1, -0.05) is 12.1 Å². The second-order valence-corrected chi connectivity index (χ2v) is 13.2. The van der Waals surface area contributed by atoms with Crippen LogP contribution in [0.4, 0.5) is 0 Å². The lowest BCUT2D eigenvalue weighted by molar-refractivity contribution is -0.124. The topological polar surface area (TPSA) is 89.9 Å². The molecule has 0 unspecified atom stereocenters. The summed E-state index contributed by atoms with van der Waals surface area (Å²) in [6, 6.07) is 11.8. The molecule has 1 saturated heterocycles. The Morgan fingerprint density at radius 3 is 2.42 bits per heavy atom. The summed E-state index contributed by atoms with van der Waals surface area (Å²) in [5.74, 6) is 2.74. The van der Waals surface area contributed by atoms with Gasteiger partial charge in [0.2, 0.25) is 5.75 Å². The van der Waals surface area contributed by atoms with Crippen LogP contribution in [0.25, 0.3) is 11.3 Å². The lowest BCUT2D eigenvalue weighted by Gasteiger charge is -2.50. The molecule has 228 valence electrons. The molecule has 9 heteroatoms. The first-order valence-electron chi connectivity index (χ1n) is 15.5. The number of hydrogen-bond donors (Lipinski definition) is 1. The summed E-state index contributed by atoms with van der Waals surface area (Å²) in [6.45, 7) is 1.53. The fraction of sp³-hybridized carbons (Fsp3) is 0.361. The summed E-state index contributed by atoms with van der Waals surface area (Å²) in [4.78, 5) is 20.3. The van der Waals surface area contributed by atoms with E-state index in [2.05, 4.69) is 35.1 Å². The molecule has 0 aromatic heterocycles. The first-order valence-corrected chi connectivity index (χ1v) is 15.5. The summed E-state index contributed by atoms with van der Waals surface area (Å²) in [6.07, 6.45) is 4.21. The van der Waals surface area contributed by atoms with Crippen molar-refractivity contribution in [2.45, 2.75) is 42.4 Å². The number of piperidine rings is 1. The number of carbonyl (C=O) groups excluding carboxylic acids is 1. The summed E-state index contributed by atoms with van der Waals surface area (Å²) in [5.41, 5.74) is 5.96. The first-order chi connectivity index (χ1) is 21.9. The van der Waals surface area contributed by atoms with Gasteiger partial charge in [-0.25, -0.2) is 0 Å². The van der Waals surface area contributed by atoms with E-state index in [4.69, 9.17) is 23.7 Å². The third-order valence-corrected chi connectivity index (χ3v) is 11.6. The van der Waals surface area contributed by atoms with Crippen molar-refractivity contribution in [3.8, 4) is 40.2 Å². The van der Waals surface area contributed by atoms with Crippen LogP contribution in [-0.4, -0.2) is 79.8 Å². The predicted molar refractivity (Wildman–Crippen MR) is 165 cm³/mol. The van der Waals surface area contributed by atoms with Crippen LogP contribution in [0.2, 0.25) is 0 Å². The second-order valence-electron chi connectivity index (χ2n) is 13.2.